The van der Waals surface area contributed by atoms with E-state index in [0.717, 1.165) is 0 Å². The zero-order valence-corrected chi connectivity index (χ0v) is 9.01. The summed E-state index contributed by atoms with van der Waals surface area (Å²) in [6.07, 6.45) is -1.27. The summed E-state index contributed by atoms with van der Waals surface area (Å²) in [5.41, 5.74) is -0.144. The van der Waals surface area contributed by atoms with Crippen LogP contribution in [0.1, 0.15) is 0 Å². The highest BCUT2D eigenvalue weighted by Crippen LogP contribution is 2.20. The number of carbonyl (C=O) groups excluding carboxylic acids is 1. The van der Waals surface area contributed by atoms with E-state index < -0.39 is 16.5 Å². The average molecular weight is 246 g/mol. The molecule has 1 aromatic rings. The summed E-state index contributed by atoms with van der Waals surface area (Å²) >= 11 is 5.17. The van der Waals surface area contributed by atoms with E-state index in [-0.39, 0.29) is 11.4 Å². The number of hydrogen-bond acceptors (Lipinski definition) is 5. The fraction of sp³-hybridized carbons (Fsp3) is 0.222. The monoisotopic (exact) mass is 245 g/mol. The Bertz CT molecular complexity index is 409. The highest BCUT2D eigenvalue weighted by molar-refractivity contribution is 6.64. The van der Waals surface area contributed by atoms with Crippen LogP contribution in [0.4, 0.5) is 5.69 Å². The smallest absolute Gasteiger partial charge is 0.290 e. The molecule has 1 unspecified atom stereocenters. The Morgan fingerprint density at radius 2 is 2.25 bits per heavy atom. The molecule has 0 bridgehead atoms. The van der Waals surface area contributed by atoms with E-state index in [1.54, 1.807) is 0 Å². The van der Waals surface area contributed by atoms with Crippen LogP contribution in [0.15, 0.2) is 24.3 Å². The van der Waals surface area contributed by atoms with Crippen LogP contribution >= 0.6 is 11.6 Å². The van der Waals surface area contributed by atoms with Gasteiger partial charge in [0.1, 0.15) is 5.75 Å². The van der Waals surface area contributed by atoms with Crippen molar-refractivity contribution >= 4 is 22.5 Å². The molecule has 6 nitrogen and oxygen atoms in total. The van der Waals surface area contributed by atoms with E-state index >= 15 is 0 Å². The first-order valence-corrected chi connectivity index (χ1v) is 4.55. The van der Waals surface area contributed by atoms with E-state index in [9.17, 15) is 14.9 Å². The zero-order chi connectivity index (χ0) is 12.1. The summed E-state index contributed by atoms with van der Waals surface area (Å²) in [4.78, 5) is 20.7. The fourth-order valence-electron chi connectivity index (χ4n) is 0.981. The summed E-state index contributed by atoms with van der Waals surface area (Å²) < 4.78 is 9.65. The van der Waals surface area contributed by atoms with E-state index in [4.69, 9.17) is 16.3 Å². The van der Waals surface area contributed by atoms with Crippen LogP contribution in [0, 0.1) is 10.1 Å². The maximum atomic E-state index is 10.8. The van der Waals surface area contributed by atoms with Crippen molar-refractivity contribution in [3.8, 4) is 5.75 Å². The van der Waals surface area contributed by atoms with Gasteiger partial charge in [0.05, 0.1) is 11.0 Å². The quantitative estimate of drug-likeness (QED) is 0.341. The van der Waals surface area contributed by atoms with Gasteiger partial charge in [0.2, 0.25) is 0 Å². The van der Waals surface area contributed by atoms with Gasteiger partial charge in [-0.15, -0.1) is 0 Å². The molecule has 16 heavy (non-hydrogen) atoms. The minimum Gasteiger partial charge on any atom is -0.456 e. The third-order valence-corrected chi connectivity index (χ3v) is 1.85. The van der Waals surface area contributed by atoms with Crippen molar-refractivity contribution in [2.45, 2.75) is 6.29 Å². The Hall–Kier alpha value is -1.66. The molecule has 1 aromatic carbocycles. The first kappa shape index (κ1) is 12.4. The molecule has 0 heterocycles. The molecule has 1 atom stereocenters. The lowest BCUT2D eigenvalue weighted by Gasteiger charge is -2.12. The molecule has 0 spiro atoms. The van der Waals surface area contributed by atoms with Crippen LogP contribution in [0.3, 0.4) is 0 Å². The van der Waals surface area contributed by atoms with E-state index in [1.807, 2.05) is 0 Å². The Kier molecular flexibility index (Phi) is 4.21. The maximum Gasteiger partial charge on any atom is 0.290 e. The van der Waals surface area contributed by atoms with Gasteiger partial charge in [-0.3, -0.25) is 14.9 Å². The van der Waals surface area contributed by atoms with Gasteiger partial charge in [0, 0.05) is 13.2 Å². The molecule has 0 aliphatic rings. The molecule has 0 saturated heterocycles. The third kappa shape index (κ3) is 3.18. The number of methoxy groups -OCH3 is 1. The first-order chi connectivity index (χ1) is 7.54. The minimum absolute atomic E-state index is 0.134. The lowest BCUT2D eigenvalue weighted by molar-refractivity contribution is -0.385. The second kappa shape index (κ2) is 5.43. The Labute approximate surface area is 95.9 Å². The Balaban J connectivity index is 2.84. The predicted molar refractivity (Wildman–Crippen MR) is 55.4 cm³/mol. The van der Waals surface area contributed by atoms with Gasteiger partial charge in [0.25, 0.3) is 17.2 Å². The number of nitro benzene ring substituents is 1. The molecular formula is C9H8ClNO5. The Morgan fingerprint density at radius 1 is 1.56 bits per heavy atom. The van der Waals surface area contributed by atoms with Gasteiger partial charge < -0.3 is 9.47 Å². The molecule has 0 aliphatic carbocycles. The topological polar surface area (TPSA) is 78.7 Å². The van der Waals surface area contributed by atoms with Crippen molar-refractivity contribution in [2.24, 2.45) is 0 Å². The normalized spacial score (nSPS) is 11.9. The third-order valence-electron chi connectivity index (χ3n) is 1.67. The van der Waals surface area contributed by atoms with Crippen LogP contribution in [0.25, 0.3) is 0 Å². The lowest BCUT2D eigenvalue weighted by atomic mass is 10.3. The summed E-state index contributed by atoms with van der Waals surface area (Å²) in [7, 11) is 1.24. The number of hydrogen-bond donors (Lipinski definition) is 0. The molecule has 7 heteroatoms. The minimum atomic E-state index is -1.27. The van der Waals surface area contributed by atoms with Crippen molar-refractivity contribution in [3.63, 3.8) is 0 Å². The molecule has 0 amide bonds. The number of benzene rings is 1. The highest BCUT2D eigenvalue weighted by Gasteiger charge is 2.18. The SMILES string of the molecule is COC(Oc1cccc([N+](=O)[O-])c1)C(=O)Cl. The largest absolute Gasteiger partial charge is 0.456 e. The number of ether oxygens (including phenoxy) is 2. The van der Waals surface area contributed by atoms with Crippen molar-refractivity contribution in [1.82, 2.24) is 0 Å². The number of halogens is 1. The van der Waals surface area contributed by atoms with E-state index in [0.29, 0.717) is 0 Å². The van der Waals surface area contributed by atoms with Crippen LogP contribution in [-0.4, -0.2) is 23.6 Å². The van der Waals surface area contributed by atoms with Crippen molar-refractivity contribution in [1.29, 1.82) is 0 Å². The van der Waals surface area contributed by atoms with E-state index in [1.165, 1.54) is 31.4 Å². The van der Waals surface area contributed by atoms with Gasteiger partial charge in [-0.2, -0.15) is 0 Å². The summed E-state index contributed by atoms with van der Waals surface area (Å²) in [6, 6.07) is 5.36. The average Bonchev–Trinajstić information content (AvgIpc) is 2.25. The molecule has 0 radical (unpaired) electrons. The molecule has 0 N–H and O–H groups in total. The van der Waals surface area contributed by atoms with Crippen LogP contribution < -0.4 is 4.74 Å². The second-order valence-corrected chi connectivity index (χ2v) is 3.12. The summed E-state index contributed by atoms with van der Waals surface area (Å²) in [6.45, 7) is 0. The van der Waals surface area contributed by atoms with Crippen molar-refractivity contribution < 1.29 is 19.2 Å². The van der Waals surface area contributed by atoms with Gasteiger partial charge in [-0.25, -0.2) is 0 Å². The van der Waals surface area contributed by atoms with Gasteiger partial charge in [-0.1, -0.05) is 6.07 Å². The number of nitro groups is 1. The molecule has 86 valence electrons. The molecule has 0 saturated carbocycles. The van der Waals surface area contributed by atoms with E-state index in [2.05, 4.69) is 4.74 Å². The zero-order valence-electron chi connectivity index (χ0n) is 8.25. The molecule has 0 aromatic heterocycles. The molecule has 1 rings (SSSR count). The Morgan fingerprint density at radius 3 is 2.75 bits per heavy atom. The van der Waals surface area contributed by atoms with Crippen molar-refractivity contribution in [2.75, 3.05) is 7.11 Å². The fourth-order valence-corrected chi connectivity index (χ4v) is 1.11. The van der Waals surface area contributed by atoms with Crippen LogP contribution in [0.2, 0.25) is 0 Å². The van der Waals surface area contributed by atoms with Gasteiger partial charge in [0.15, 0.2) is 0 Å². The van der Waals surface area contributed by atoms with Crippen LogP contribution in [-0.2, 0) is 9.53 Å². The number of carbonyl (C=O) groups is 1. The highest BCUT2D eigenvalue weighted by atomic mass is 35.5. The van der Waals surface area contributed by atoms with Gasteiger partial charge >= 0.3 is 0 Å². The lowest BCUT2D eigenvalue weighted by Crippen LogP contribution is -2.25. The predicted octanol–water partition coefficient (Wildman–Crippen LogP) is 1.71. The standard InChI is InChI=1S/C9H8ClNO5/c1-15-9(8(10)12)16-7-4-2-3-6(5-7)11(13)14/h2-5,9H,1H3. The van der Waals surface area contributed by atoms with Gasteiger partial charge in [-0.05, 0) is 17.7 Å². The molecular weight excluding hydrogens is 238 g/mol. The summed E-state index contributed by atoms with van der Waals surface area (Å²) in [5, 5.41) is 9.63. The summed E-state index contributed by atoms with van der Waals surface area (Å²) in [5.74, 6) is 0.134. The molecule has 0 aliphatic heterocycles. The second-order valence-electron chi connectivity index (χ2n) is 2.74. The van der Waals surface area contributed by atoms with Crippen molar-refractivity contribution in [3.05, 3.63) is 34.4 Å². The maximum absolute atomic E-state index is 10.8. The van der Waals surface area contributed by atoms with Crippen LogP contribution in [0.5, 0.6) is 5.75 Å². The first-order valence-electron chi connectivity index (χ1n) is 4.18. The number of rotatable bonds is 5. The number of non-ortho nitro benzene ring substituents is 1. The number of nitrogens with zero attached hydrogens (tertiary/aromatic N) is 1. The molecule has 0 fully saturated rings.